The van der Waals surface area contributed by atoms with Crippen LogP contribution < -0.4 is 9.80 Å². The van der Waals surface area contributed by atoms with Crippen LogP contribution in [0.2, 0.25) is 0 Å². The lowest BCUT2D eigenvalue weighted by atomic mass is 10.0. The first-order valence-electron chi connectivity index (χ1n) is 14.9. The largest absolute Gasteiger partial charge is 0.363 e. The molecular formula is C40H34Br2N2. The molecule has 6 aromatic rings. The van der Waals surface area contributed by atoms with Crippen molar-refractivity contribution in [2.24, 2.45) is 0 Å². The molecule has 0 bridgehead atoms. The third-order valence-electron chi connectivity index (χ3n) is 7.79. The van der Waals surface area contributed by atoms with Crippen molar-refractivity contribution in [3.8, 4) is 11.1 Å². The van der Waals surface area contributed by atoms with Crippen molar-refractivity contribution in [3.05, 3.63) is 189 Å². The molecule has 0 amide bonds. The van der Waals surface area contributed by atoms with Crippen LogP contribution in [-0.4, -0.2) is 0 Å². The Balaban J connectivity index is 1.28. The van der Waals surface area contributed by atoms with Gasteiger partial charge in [0.2, 0.25) is 0 Å². The minimum absolute atomic E-state index is 0.832. The Morgan fingerprint density at radius 1 is 0.341 bits per heavy atom. The third-order valence-corrected chi connectivity index (χ3v) is 9.10. The fraction of sp³-hybridized carbons (Fsp3) is 0.100. The van der Waals surface area contributed by atoms with Gasteiger partial charge in [0.15, 0.2) is 0 Å². The van der Waals surface area contributed by atoms with E-state index in [-0.39, 0.29) is 0 Å². The monoisotopic (exact) mass is 700 g/mol. The smallest absolute Gasteiger partial charge is 0.0433 e. The van der Waals surface area contributed by atoms with Gasteiger partial charge in [-0.2, -0.15) is 0 Å². The first-order chi connectivity index (χ1) is 21.6. The lowest BCUT2D eigenvalue weighted by Gasteiger charge is -2.27. The Morgan fingerprint density at radius 2 is 0.614 bits per heavy atom. The molecule has 2 nitrogen and oxygen atoms in total. The summed E-state index contributed by atoms with van der Waals surface area (Å²) in [6, 6.07) is 56.1. The van der Waals surface area contributed by atoms with E-state index in [0.29, 0.717) is 0 Å². The summed E-state index contributed by atoms with van der Waals surface area (Å²) in [6.07, 6.45) is 0. The van der Waals surface area contributed by atoms with Crippen molar-refractivity contribution < 1.29 is 0 Å². The maximum Gasteiger partial charge on any atom is 0.0433 e. The van der Waals surface area contributed by atoms with Gasteiger partial charge in [0, 0.05) is 46.5 Å². The number of benzene rings is 6. The molecule has 0 N–H and O–H groups in total. The maximum absolute atomic E-state index is 3.94. The highest BCUT2D eigenvalue weighted by Gasteiger charge is 2.16. The first kappa shape index (κ1) is 29.9. The van der Waals surface area contributed by atoms with E-state index < -0.39 is 0 Å². The summed E-state index contributed by atoms with van der Waals surface area (Å²) in [5.41, 5.74) is 9.83. The van der Waals surface area contributed by atoms with Crippen LogP contribution in [0.1, 0.15) is 22.3 Å². The zero-order chi connectivity index (χ0) is 30.1. The normalized spacial score (nSPS) is 10.9. The Labute approximate surface area is 277 Å². The molecule has 0 atom stereocenters. The molecule has 0 saturated carbocycles. The fourth-order valence-electron chi connectivity index (χ4n) is 5.53. The molecule has 4 heteroatoms. The number of nitrogens with zero attached hydrogens (tertiary/aromatic N) is 2. The van der Waals surface area contributed by atoms with Gasteiger partial charge in [-0.05, 0) is 57.6 Å². The quantitative estimate of drug-likeness (QED) is 0.133. The van der Waals surface area contributed by atoms with Crippen molar-refractivity contribution >= 4 is 43.2 Å². The molecule has 0 heterocycles. The van der Waals surface area contributed by atoms with Crippen LogP contribution in [0.15, 0.2) is 167 Å². The Hall–Kier alpha value is -4.12. The van der Waals surface area contributed by atoms with Gasteiger partial charge >= 0.3 is 0 Å². The van der Waals surface area contributed by atoms with Crippen LogP contribution in [0.4, 0.5) is 11.4 Å². The van der Waals surface area contributed by atoms with Crippen molar-refractivity contribution in [1.29, 1.82) is 0 Å². The lowest BCUT2D eigenvalue weighted by Crippen LogP contribution is -2.22. The summed E-state index contributed by atoms with van der Waals surface area (Å²) in [5, 5.41) is 0. The van der Waals surface area contributed by atoms with Gasteiger partial charge in [-0.1, -0.05) is 165 Å². The van der Waals surface area contributed by atoms with Crippen LogP contribution in [0.25, 0.3) is 11.1 Å². The van der Waals surface area contributed by atoms with Gasteiger partial charge in [-0.25, -0.2) is 0 Å². The molecule has 0 aliphatic heterocycles. The summed E-state index contributed by atoms with van der Waals surface area (Å²) >= 11 is 7.87. The predicted molar refractivity (Wildman–Crippen MR) is 193 cm³/mol. The lowest BCUT2D eigenvalue weighted by molar-refractivity contribution is 0.799. The van der Waals surface area contributed by atoms with E-state index >= 15 is 0 Å². The van der Waals surface area contributed by atoms with Gasteiger partial charge in [0.1, 0.15) is 0 Å². The molecule has 0 radical (unpaired) electrons. The van der Waals surface area contributed by atoms with Gasteiger partial charge in [0.25, 0.3) is 0 Å². The van der Waals surface area contributed by atoms with Gasteiger partial charge < -0.3 is 9.80 Å². The fourth-order valence-corrected chi connectivity index (χ4v) is 6.69. The minimum Gasteiger partial charge on any atom is -0.363 e. The zero-order valence-electron chi connectivity index (χ0n) is 24.5. The highest BCUT2D eigenvalue weighted by Crippen LogP contribution is 2.38. The van der Waals surface area contributed by atoms with Crippen LogP contribution in [0, 0.1) is 0 Å². The van der Waals surface area contributed by atoms with E-state index in [1.54, 1.807) is 0 Å². The van der Waals surface area contributed by atoms with Gasteiger partial charge in [-0.15, -0.1) is 0 Å². The van der Waals surface area contributed by atoms with E-state index in [2.05, 4.69) is 199 Å². The second-order valence-corrected chi connectivity index (χ2v) is 12.7. The number of hydrogen-bond acceptors (Lipinski definition) is 2. The Morgan fingerprint density at radius 3 is 0.864 bits per heavy atom. The number of hydrogen-bond donors (Lipinski definition) is 0. The van der Waals surface area contributed by atoms with E-state index in [1.807, 2.05) is 0 Å². The van der Waals surface area contributed by atoms with E-state index in [4.69, 9.17) is 0 Å². The van der Waals surface area contributed by atoms with Gasteiger partial charge in [-0.3, -0.25) is 0 Å². The average Bonchev–Trinajstić information content (AvgIpc) is 3.06. The van der Waals surface area contributed by atoms with Crippen molar-refractivity contribution in [2.75, 3.05) is 9.80 Å². The molecule has 6 rings (SSSR count). The topological polar surface area (TPSA) is 6.48 Å². The summed E-state index contributed by atoms with van der Waals surface area (Å²) in [7, 11) is 0. The van der Waals surface area contributed by atoms with Crippen LogP contribution in [0.3, 0.4) is 0 Å². The second kappa shape index (κ2) is 14.6. The highest BCUT2D eigenvalue weighted by atomic mass is 79.9. The molecule has 0 aliphatic rings. The van der Waals surface area contributed by atoms with E-state index in [1.165, 1.54) is 33.6 Å². The van der Waals surface area contributed by atoms with Crippen molar-refractivity contribution in [1.82, 2.24) is 0 Å². The van der Waals surface area contributed by atoms with Crippen LogP contribution in [-0.2, 0) is 26.2 Å². The first-order valence-corrected chi connectivity index (χ1v) is 16.5. The van der Waals surface area contributed by atoms with E-state index in [0.717, 1.165) is 46.3 Å². The molecule has 0 fully saturated rings. The summed E-state index contributed by atoms with van der Waals surface area (Å²) in [5.74, 6) is 0. The van der Waals surface area contributed by atoms with Crippen LogP contribution >= 0.6 is 31.9 Å². The molecule has 0 aliphatic carbocycles. The van der Waals surface area contributed by atoms with Crippen molar-refractivity contribution in [3.63, 3.8) is 0 Å². The molecule has 0 aromatic heterocycles. The number of rotatable bonds is 11. The SMILES string of the molecule is Brc1cc(N(Cc2ccccc2)Cc2ccccc2)ccc1-c1ccc(N(Cc2ccccc2)Cc2ccccc2)cc1Br. The molecule has 218 valence electrons. The second-order valence-electron chi connectivity index (χ2n) is 11.0. The molecule has 6 aromatic carbocycles. The maximum atomic E-state index is 3.94. The predicted octanol–water partition coefficient (Wildman–Crippen LogP) is 11.3. The summed E-state index contributed by atoms with van der Waals surface area (Å²) < 4.78 is 2.14. The highest BCUT2D eigenvalue weighted by molar-refractivity contribution is 9.11. The minimum atomic E-state index is 0.832. The molecule has 0 saturated heterocycles. The van der Waals surface area contributed by atoms with Crippen molar-refractivity contribution in [2.45, 2.75) is 26.2 Å². The summed E-state index contributed by atoms with van der Waals surface area (Å²) in [6.45, 7) is 3.33. The number of anilines is 2. The molecule has 0 spiro atoms. The molecule has 0 unspecified atom stereocenters. The number of halogens is 2. The van der Waals surface area contributed by atoms with Crippen LogP contribution in [0.5, 0.6) is 0 Å². The standard InChI is InChI=1S/C40H34Br2N2/c41-39-25-35(43(27-31-13-5-1-6-14-31)28-32-15-7-2-8-16-32)21-23-37(39)38-24-22-36(26-40(38)42)44(29-33-17-9-3-10-18-33)30-34-19-11-4-12-20-34/h1-26H,27-30H2. The van der Waals surface area contributed by atoms with Gasteiger partial charge in [0.05, 0.1) is 0 Å². The molecule has 44 heavy (non-hydrogen) atoms. The summed E-state index contributed by atoms with van der Waals surface area (Å²) in [4.78, 5) is 4.87. The molecular weight excluding hydrogens is 668 g/mol. The Bertz CT molecular complexity index is 1560. The average molecular weight is 703 g/mol. The Kier molecular flexibility index (Phi) is 9.91. The zero-order valence-corrected chi connectivity index (χ0v) is 27.7. The third kappa shape index (κ3) is 7.68. The van der Waals surface area contributed by atoms with E-state index in [9.17, 15) is 0 Å².